The summed E-state index contributed by atoms with van der Waals surface area (Å²) in [6, 6.07) is 3.15. The van der Waals surface area contributed by atoms with Gasteiger partial charge in [0.15, 0.2) is 0 Å². The van der Waals surface area contributed by atoms with Crippen LogP contribution in [0.1, 0.15) is 38.5 Å². The third-order valence-electron chi connectivity index (χ3n) is 4.88. The second-order valence-corrected chi connectivity index (χ2v) is 6.32. The fraction of sp³-hybridized carbons (Fsp3) is 0.933. The van der Waals surface area contributed by atoms with Gasteiger partial charge in [0.25, 0.3) is 0 Å². The van der Waals surface area contributed by atoms with Gasteiger partial charge in [-0.05, 0) is 71.6 Å². The molecule has 0 bridgehead atoms. The van der Waals surface area contributed by atoms with Gasteiger partial charge in [0.1, 0.15) is 0 Å². The quantitative estimate of drug-likeness (QED) is 0.766. The summed E-state index contributed by atoms with van der Waals surface area (Å²) in [7, 11) is 4.50. The predicted molar refractivity (Wildman–Crippen MR) is 74.2 cm³/mol. The summed E-state index contributed by atoms with van der Waals surface area (Å²) in [5.74, 6) is 1.24. The Balaban J connectivity index is 1.66. The van der Waals surface area contributed by atoms with Crippen LogP contribution in [0.2, 0.25) is 0 Å². The van der Waals surface area contributed by atoms with Gasteiger partial charge in [-0.15, -0.1) is 0 Å². The van der Waals surface area contributed by atoms with E-state index >= 15 is 0 Å². The standard InChI is InChI=1S/C15H27N3/c1-17-9-7-14(12-17)8-10-18(2)15-5-3-13(11-16)4-6-15/h13-15H,3-10,12H2,1-2H3. The molecular formula is C15H27N3. The minimum Gasteiger partial charge on any atom is -0.306 e. The maximum atomic E-state index is 8.92. The van der Waals surface area contributed by atoms with Crippen molar-refractivity contribution in [2.75, 3.05) is 33.7 Å². The predicted octanol–water partition coefficient (Wildman–Crippen LogP) is 2.34. The lowest BCUT2D eigenvalue weighted by atomic mass is 9.86. The zero-order valence-corrected chi connectivity index (χ0v) is 11.9. The first kappa shape index (κ1) is 13.8. The largest absolute Gasteiger partial charge is 0.306 e. The van der Waals surface area contributed by atoms with Crippen molar-refractivity contribution in [3.05, 3.63) is 0 Å². The van der Waals surface area contributed by atoms with Gasteiger partial charge in [0.05, 0.1) is 6.07 Å². The third kappa shape index (κ3) is 3.70. The van der Waals surface area contributed by atoms with Crippen LogP contribution in [0.4, 0.5) is 0 Å². The summed E-state index contributed by atoms with van der Waals surface area (Å²) < 4.78 is 0. The zero-order chi connectivity index (χ0) is 13.0. The number of hydrogen-bond donors (Lipinski definition) is 0. The molecule has 0 N–H and O–H groups in total. The zero-order valence-electron chi connectivity index (χ0n) is 11.9. The van der Waals surface area contributed by atoms with E-state index in [2.05, 4.69) is 30.0 Å². The topological polar surface area (TPSA) is 30.3 Å². The summed E-state index contributed by atoms with van der Waals surface area (Å²) >= 11 is 0. The van der Waals surface area contributed by atoms with Crippen molar-refractivity contribution in [3.8, 4) is 6.07 Å². The Hall–Kier alpha value is -0.590. The molecule has 0 spiro atoms. The molecule has 1 unspecified atom stereocenters. The van der Waals surface area contributed by atoms with Gasteiger partial charge in [-0.25, -0.2) is 0 Å². The van der Waals surface area contributed by atoms with Gasteiger partial charge in [0, 0.05) is 18.5 Å². The molecule has 2 rings (SSSR count). The number of nitriles is 1. The first-order valence-corrected chi connectivity index (χ1v) is 7.47. The highest BCUT2D eigenvalue weighted by atomic mass is 15.1. The van der Waals surface area contributed by atoms with E-state index in [0.717, 1.165) is 24.8 Å². The monoisotopic (exact) mass is 249 g/mol. The highest BCUT2D eigenvalue weighted by Gasteiger charge is 2.25. The maximum absolute atomic E-state index is 8.92. The number of nitrogens with zero attached hydrogens (tertiary/aromatic N) is 3. The van der Waals surface area contributed by atoms with E-state index in [1.807, 2.05) is 0 Å². The lowest BCUT2D eigenvalue weighted by Gasteiger charge is -2.33. The average Bonchev–Trinajstić information content (AvgIpc) is 2.82. The van der Waals surface area contributed by atoms with E-state index in [0.29, 0.717) is 5.92 Å². The van der Waals surface area contributed by atoms with Crippen LogP contribution in [0.15, 0.2) is 0 Å². The van der Waals surface area contributed by atoms with Crippen molar-refractivity contribution in [1.29, 1.82) is 5.26 Å². The highest BCUT2D eigenvalue weighted by molar-refractivity contribution is 4.89. The SMILES string of the molecule is CN1CCC(CCN(C)C2CCC(C#N)CC2)C1. The van der Waals surface area contributed by atoms with E-state index in [4.69, 9.17) is 5.26 Å². The van der Waals surface area contributed by atoms with Gasteiger partial charge in [0.2, 0.25) is 0 Å². The van der Waals surface area contributed by atoms with Gasteiger partial charge in [-0.2, -0.15) is 5.26 Å². The third-order valence-corrected chi connectivity index (χ3v) is 4.88. The Morgan fingerprint density at radius 1 is 1.22 bits per heavy atom. The van der Waals surface area contributed by atoms with Crippen LogP contribution in [0.25, 0.3) is 0 Å². The molecule has 1 aliphatic heterocycles. The fourth-order valence-corrected chi connectivity index (χ4v) is 3.48. The van der Waals surface area contributed by atoms with Crippen LogP contribution in [-0.4, -0.2) is 49.6 Å². The molecule has 0 aromatic rings. The molecule has 3 heteroatoms. The second-order valence-electron chi connectivity index (χ2n) is 6.32. The molecule has 0 amide bonds. The van der Waals surface area contributed by atoms with Gasteiger partial charge in [-0.3, -0.25) is 0 Å². The normalized spacial score (nSPS) is 33.8. The molecule has 102 valence electrons. The van der Waals surface area contributed by atoms with Crippen LogP contribution >= 0.6 is 0 Å². The van der Waals surface area contributed by atoms with E-state index in [1.54, 1.807) is 0 Å². The van der Waals surface area contributed by atoms with Gasteiger partial charge < -0.3 is 9.80 Å². The Labute approximate surface area is 112 Å². The van der Waals surface area contributed by atoms with Crippen LogP contribution in [-0.2, 0) is 0 Å². The minimum atomic E-state index is 0.332. The van der Waals surface area contributed by atoms with E-state index in [9.17, 15) is 0 Å². The lowest BCUT2D eigenvalue weighted by Crippen LogP contribution is -2.36. The van der Waals surface area contributed by atoms with Gasteiger partial charge >= 0.3 is 0 Å². The average molecular weight is 249 g/mol. The number of likely N-dealkylation sites (tertiary alicyclic amines) is 1. The second kappa shape index (κ2) is 6.54. The van der Waals surface area contributed by atoms with Gasteiger partial charge in [-0.1, -0.05) is 0 Å². The molecule has 0 radical (unpaired) electrons. The molecule has 2 aliphatic rings. The minimum absolute atomic E-state index is 0.332. The molecule has 2 fully saturated rings. The smallest absolute Gasteiger partial charge is 0.0655 e. The molecule has 18 heavy (non-hydrogen) atoms. The summed E-state index contributed by atoms with van der Waals surface area (Å²) in [5.41, 5.74) is 0. The summed E-state index contributed by atoms with van der Waals surface area (Å²) in [6.45, 7) is 3.80. The molecule has 3 nitrogen and oxygen atoms in total. The van der Waals surface area contributed by atoms with Crippen molar-refractivity contribution in [2.45, 2.75) is 44.6 Å². The molecular weight excluding hydrogens is 222 g/mol. The molecule has 1 heterocycles. The van der Waals surface area contributed by atoms with E-state index in [-0.39, 0.29) is 0 Å². The van der Waals surface area contributed by atoms with Crippen LogP contribution < -0.4 is 0 Å². The highest BCUT2D eigenvalue weighted by Crippen LogP contribution is 2.27. The van der Waals surface area contributed by atoms with Crippen molar-refractivity contribution in [1.82, 2.24) is 9.80 Å². The summed E-state index contributed by atoms with van der Waals surface area (Å²) in [4.78, 5) is 4.99. The van der Waals surface area contributed by atoms with Crippen molar-refractivity contribution >= 4 is 0 Å². The first-order valence-electron chi connectivity index (χ1n) is 7.47. The Kier molecular flexibility index (Phi) is 5.03. The first-order chi connectivity index (χ1) is 8.69. The maximum Gasteiger partial charge on any atom is 0.0655 e. The lowest BCUT2D eigenvalue weighted by molar-refractivity contribution is 0.169. The Bertz CT molecular complexity index is 289. The molecule has 0 aromatic carbocycles. The van der Waals surface area contributed by atoms with E-state index < -0.39 is 0 Å². The number of rotatable bonds is 4. The van der Waals surface area contributed by atoms with Crippen molar-refractivity contribution in [3.63, 3.8) is 0 Å². The molecule has 1 aliphatic carbocycles. The number of hydrogen-bond acceptors (Lipinski definition) is 3. The molecule has 1 saturated heterocycles. The summed E-state index contributed by atoms with van der Waals surface area (Å²) in [6.07, 6.45) is 7.39. The van der Waals surface area contributed by atoms with E-state index in [1.165, 1.54) is 45.3 Å². The molecule has 1 saturated carbocycles. The molecule has 1 atom stereocenters. The van der Waals surface area contributed by atoms with Crippen LogP contribution in [0.5, 0.6) is 0 Å². The van der Waals surface area contributed by atoms with Crippen LogP contribution in [0, 0.1) is 23.2 Å². The van der Waals surface area contributed by atoms with Crippen molar-refractivity contribution in [2.24, 2.45) is 11.8 Å². The fourth-order valence-electron chi connectivity index (χ4n) is 3.48. The summed E-state index contributed by atoms with van der Waals surface area (Å²) in [5, 5.41) is 8.92. The Morgan fingerprint density at radius 3 is 2.50 bits per heavy atom. The van der Waals surface area contributed by atoms with Crippen molar-refractivity contribution < 1.29 is 0 Å². The molecule has 0 aromatic heterocycles. The van der Waals surface area contributed by atoms with Crippen LogP contribution in [0.3, 0.4) is 0 Å². The Morgan fingerprint density at radius 2 is 1.94 bits per heavy atom.